The summed E-state index contributed by atoms with van der Waals surface area (Å²) >= 11 is 0. The number of hydrogen-bond acceptors (Lipinski definition) is 7. The molecule has 0 aliphatic carbocycles. The van der Waals surface area contributed by atoms with Crippen LogP contribution >= 0.6 is 0 Å². The maximum Gasteiger partial charge on any atom is 0.253 e. The Morgan fingerprint density at radius 2 is 1.83 bits per heavy atom. The highest BCUT2D eigenvalue weighted by Crippen LogP contribution is 2.34. The lowest BCUT2D eigenvalue weighted by atomic mass is 10.0. The molecule has 152 valence electrons. The molecule has 0 bridgehead atoms. The minimum Gasteiger partial charge on any atom is -0.419 e. The summed E-state index contributed by atoms with van der Waals surface area (Å²) in [6.45, 7) is 4.88. The maximum absolute atomic E-state index is 6.09. The summed E-state index contributed by atoms with van der Waals surface area (Å²) < 4.78 is 11.5. The van der Waals surface area contributed by atoms with Gasteiger partial charge in [0.2, 0.25) is 5.89 Å². The monoisotopic (exact) mass is 393 g/mol. The van der Waals surface area contributed by atoms with Gasteiger partial charge in [-0.05, 0) is 52.7 Å². The second-order valence-corrected chi connectivity index (χ2v) is 8.20. The lowest BCUT2D eigenvalue weighted by molar-refractivity contribution is 0.138. The molecule has 2 atom stereocenters. The van der Waals surface area contributed by atoms with Crippen LogP contribution in [0.15, 0.2) is 39.3 Å². The Hall–Kier alpha value is -2.51. The van der Waals surface area contributed by atoms with Gasteiger partial charge in [0.25, 0.3) is 5.89 Å². The van der Waals surface area contributed by atoms with Crippen molar-refractivity contribution in [3.63, 3.8) is 0 Å². The Morgan fingerprint density at radius 1 is 1.03 bits per heavy atom. The SMILES string of the molecule is Cc1onc(-c2ccccc2)c1-c1nnc(CN2CCC[C@@H]2[C@H]2CCCN2C)o1. The molecule has 1 aromatic carbocycles. The van der Waals surface area contributed by atoms with E-state index in [1.165, 1.54) is 32.2 Å². The number of likely N-dealkylation sites (tertiary alicyclic amines) is 2. The number of likely N-dealkylation sites (N-methyl/N-ethyl adjacent to an activating group) is 1. The van der Waals surface area contributed by atoms with Crippen LogP contribution in [0.25, 0.3) is 22.7 Å². The van der Waals surface area contributed by atoms with E-state index in [0.29, 0.717) is 36.2 Å². The van der Waals surface area contributed by atoms with Crippen LogP contribution < -0.4 is 0 Å². The maximum atomic E-state index is 6.09. The van der Waals surface area contributed by atoms with Gasteiger partial charge in [-0.15, -0.1) is 10.2 Å². The fourth-order valence-corrected chi connectivity index (χ4v) is 4.92. The summed E-state index contributed by atoms with van der Waals surface area (Å²) in [6, 6.07) is 11.2. The Labute approximate surface area is 170 Å². The minimum atomic E-state index is 0.478. The Morgan fingerprint density at radius 3 is 2.62 bits per heavy atom. The summed E-state index contributed by atoms with van der Waals surface area (Å²) in [7, 11) is 2.25. The van der Waals surface area contributed by atoms with Crippen LogP contribution in [0.3, 0.4) is 0 Å². The van der Waals surface area contributed by atoms with Crippen molar-refractivity contribution in [2.24, 2.45) is 0 Å². The molecule has 5 rings (SSSR count). The molecule has 2 aliphatic rings. The van der Waals surface area contributed by atoms with Gasteiger partial charge >= 0.3 is 0 Å². The molecular weight excluding hydrogens is 366 g/mol. The first-order valence-corrected chi connectivity index (χ1v) is 10.5. The predicted octanol–water partition coefficient (Wildman–Crippen LogP) is 3.76. The zero-order valence-electron chi connectivity index (χ0n) is 17.0. The Bertz CT molecular complexity index is 967. The topological polar surface area (TPSA) is 71.4 Å². The number of aryl methyl sites for hydroxylation is 1. The molecule has 2 saturated heterocycles. The molecule has 2 aromatic heterocycles. The molecule has 2 aliphatic heterocycles. The predicted molar refractivity (Wildman–Crippen MR) is 109 cm³/mol. The zero-order chi connectivity index (χ0) is 19.8. The van der Waals surface area contributed by atoms with Gasteiger partial charge in [-0.25, -0.2) is 0 Å². The van der Waals surface area contributed by atoms with Gasteiger partial charge in [0.1, 0.15) is 17.0 Å². The van der Waals surface area contributed by atoms with Gasteiger partial charge in [0.05, 0.1) is 6.54 Å². The minimum absolute atomic E-state index is 0.478. The lowest BCUT2D eigenvalue weighted by Gasteiger charge is -2.32. The molecular formula is C22H27N5O2. The van der Waals surface area contributed by atoms with Gasteiger partial charge in [-0.2, -0.15) is 0 Å². The first kappa shape index (κ1) is 18.5. The molecule has 0 unspecified atom stereocenters. The van der Waals surface area contributed by atoms with E-state index in [1.807, 2.05) is 37.3 Å². The van der Waals surface area contributed by atoms with Crippen LogP contribution in [0.4, 0.5) is 0 Å². The normalized spacial score (nSPS) is 23.2. The molecule has 29 heavy (non-hydrogen) atoms. The Balaban J connectivity index is 1.37. The van der Waals surface area contributed by atoms with E-state index in [9.17, 15) is 0 Å². The highest BCUT2D eigenvalue weighted by Gasteiger charge is 2.36. The van der Waals surface area contributed by atoms with E-state index in [2.05, 4.69) is 32.2 Å². The van der Waals surface area contributed by atoms with Crippen LogP contribution in [-0.2, 0) is 6.54 Å². The lowest BCUT2D eigenvalue weighted by Crippen LogP contribution is -2.44. The van der Waals surface area contributed by atoms with Crippen molar-refractivity contribution >= 4 is 0 Å². The fourth-order valence-electron chi connectivity index (χ4n) is 4.92. The molecule has 2 fully saturated rings. The van der Waals surface area contributed by atoms with E-state index >= 15 is 0 Å². The third kappa shape index (κ3) is 3.49. The second kappa shape index (κ2) is 7.72. The van der Waals surface area contributed by atoms with Gasteiger partial charge in [0.15, 0.2) is 0 Å². The average molecular weight is 393 g/mol. The number of nitrogens with zero attached hydrogens (tertiary/aromatic N) is 5. The quantitative estimate of drug-likeness (QED) is 0.653. The molecule has 3 aromatic rings. The molecule has 7 heteroatoms. The number of benzene rings is 1. The van der Waals surface area contributed by atoms with E-state index in [0.717, 1.165) is 23.4 Å². The molecule has 4 heterocycles. The summed E-state index contributed by atoms with van der Waals surface area (Å²) in [5.74, 6) is 1.82. The smallest absolute Gasteiger partial charge is 0.253 e. The van der Waals surface area contributed by atoms with Crippen molar-refractivity contribution in [3.8, 4) is 22.7 Å². The van der Waals surface area contributed by atoms with E-state index in [1.54, 1.807) is 0 Å². The molecule has 0 amide bonds. The molecule has 0 N–H and O–H groups in total. The van der Waals surface area contributed by atoms with Crippen molar-refractivity contribution in [2.75, 3.05) is 20.1 Å². The van der Waals surface area contributed by atoms with Crippen molar-refractivity contribution in [2.45, 2.75) is 51.2 Å². The highest BCUT2D eigenvalue weighted by molar-refractivity contribution is 5.77. The van der Waals surface area contributed by atoms with Crippen LogP contribution in [0.5, 0.6) is 0 Å². The van der Waals surface area contributed by atoms with Gasteiger partial charge in [-0.3, -0.25) is 4.90 Å². The van der Waals surface area contributed by atoms with E-state index in [4.69, 9.17) is 8.94 Å². The van der Waals surface area contributed by atoms with Crippen molar-refractivity contribution in [1.29, 1.82) is 0 Å². The van der Waals surface area contributed by atoms with E-state index < -0.39 is 0 Å². The summed E-state index contributed by atoms with van der Waals surface area (Å²) in [5.41, 5.74) is 2.50. The summed E-state index contributed by atoms with van der Waals surface area (Å²) in [6.07, 6.45) is 5.07. The van der Waals surface area contributed by atoms with Crippen molar-refractivity contribution in [1.82, 2.24) is 25.2 Å². The third-order valence-corrected chi connectivity index (χ3v) is 6.36. The molecule has 0 saturated carbocycles. The van der Waals surface area contributed by atoms with Crippen LogP contribution in [0.1, 0.15) is 37.3 Å². The summed E-state index contributed by atoms with van der Waals surface area (Å²) in [4.78, 5) is 5.03. The fraction of sp³-hybridized carbons (Fsp3) is 0.500. The van der Waals surface area contributed by atoms with Gasteiger partial charge in [-0.1, -0.05) is 35.5 Å². The average Bonchev–Trinajstić information content (AvgIpc) is 3.51. The standard InChI is InChI=1S/C22H27N5O2/c1-15-20(21(25-29-15)16-8-4-3-5-9-16)22-24-23-19(28-22)14-27-13-7-11-18(27)17-10-6-12-26(17)2/h3-5,8-9,17-18H,6-7,10-14H2,1-2H3/t17-,18-/m1/s1. The highest BCUT2D eigenvalue weighted by atomic mass is 16.5. The molecule has 0 spiro atoms. The third-order valence-electron chi connectivity index (χ3n) is 6.36. The largest absolute Gasteiger partial charge is 0.419 e. The molecule has 0 radical (unpaired) electrons. The molecule has 7 nitrogen and oxygen atoms in total. The first-order chi connectivity index (χ1) is 14.2. The van der Waals surface area contributed by atoms with Crippen LogP contribution in [-0.4, -0.2) is 57.4 Å². The number of rotatable bonds is 5. The zero-order valence-corrected chi connectivity index (χ0v) is 17.0. The van der Waals surface area contributed by atoms with Crippen LogP contribution in [0, 0.1) is 6.92 Å². The number of aromatic nitrogens is 3. The van der Waals surface area contributed by atoms with E-state index in [-0.39, 0.29) is 0 Å². The van der Waals surface area contributed by atoms with Crippen LogP contribution in [0.2, 0.25) is 0 Å². The Kier molecular flexibility index (Phi) is 4.93. The summed E-state index contributed by atoms with van der Waals surface area (Å²) in [5, 5.41) is 12.9. The first-order valence-electron chi connectivity index (χ1n) is 10.5. The van der Waals surface area contributed by atoms with Crippen molar-refractivity contribution < 1.29 is 8.94 Å². The van der Waals surface area contributed by atoms with Crippen molar-refractivity contribution in [3.05, 3.63) is 42.0 Å². The van der Waals surface area contributed by atoms with Gasteiger partial charge < -0.3 is 13.8 Å². The second-order valence-electron chi connectivity index (χ2n) is 8.20. The van der Waals surface area contributed by atoms with Gasteiger partial charge in [0, 0.05) is 17.6 Å². The number of hydrogen-bond donors (Lipinski definition) is 0.